The number of rotatable bonds is 1. The van der Waals surface area contributed by atoms with E-state index in [-0.39, 0.29) is 0 Å². The summed E-state index contributed by atoms with van der Waals surface area (Å²) in [6, 6.07) is 0. The summed E-state index contributed by atoms with van der Waals surface area (Å²) < 4.78 is 10.2. The van der Waals surface area contributed by atoms with Gasteiger partial charge in [-0.1, -0.05) is 0 Å². The summed E-state index contributed by atoms with van der Waals surface area (Å²) >= 11 is 0. The van der Waals surface area contributed by atoms with Crippen LogP contribution in [0.4, 0.5) is 5.82 Å². The van der Waals surface area contributed by atoms with Crippen molar-refractivity contribution in [1.82, 2.24) is 15.4 Å². The molecule has 0 amide bonds. The summed E-state index contributed by atoms with van der Waals surface area (Å²) in [6.07, 6.45) is 3.22. The Morgan fingerprint density at radius 1 is 1.80 bits per heavy atom. The van der Waals surface area contributed by atoms with Gasteiger partial charge < -0.3 is 0 Å². The number of anilines is 1. The summed E-state index contributed by atoms with van der Waals surface area (Å²) in [5.74, 6) is 0.620. The van der Waals surface area contributed by atoms with Crippen LogP contribution in [0.2, 0.25) is 0 Å². The topological polar surface area (TPSA) is 73.5 Å². The minimum absolute atomic E-state index is 0.394. The maximum atomic E-state index is 10.2. The molecule has 1 aliphatic rings. The van der Waals surface area contributed by atoms with Crippen LogP contribution in [-0.4, -0.2) is 16.6 Å². The average molecular weight is 137 g/mol. The van der Waals surface area contributed by atoms with Gasteiger partial charge in [-0.2, -0.15) is 0 Å². The molecule has 2 heterocycles. The predicted molar refractivity (Wildman–Crippen MR) is 32.7 cm³/mol. The summed E-state index contributed by atoms with van der Waals surface area (Å²) in [5.41, 5.74) is 3.28. The van der Waals surface area contributed by atoms with Crippen molar-refractivity contribution in [2.24, 2.45) is 0 Å². The summed E-state index contributed by atoms with van der Waals surface area (Å²) in [6.45, 7) is 0.750. The van der Waals surface area contributed by atoms with Crippen molar-refractivity contribution in [3.63, 3.8) is 0 Å². The first-order valence-electron chi connectivity index (χ1n) is 2.84. The Morgan fingerprint density at radius 2 is 2.60 bits per heavy atom. The van der Waals surface area contributed by atoms with Gasteiger partial charge in [-0.15, -0.1) is 0 Å². The third-order valence-corrected chi connectivity index (χ3v) is 1.29. The van der Waals surface area contributed by atoms with Crippen molar-refractivity contribution in [3.05, 3.63) is 12.0 Å². The van der Waals surface area contributed by atoms with E-state index in [1.807, 2.05) is 0 Å². The summed E-state index contributed by atoms with van der Waals surface area (Å²) in [7, 11) is 0. The maximum absolute atomic E-state index is 10.2. The van der Waals surface area contributed by atoms with Crippen LogP contribution in [0, 0.1) is 6.15 Å². The molecule has 0 radical (unpaired) electrons. The Kier molecular flexibility index (Phi) is 1.01. The number of nitrogens with zero attached hydrogens (tertiary/aromatic N) is 2. The molecule has 0 bridgehead atoms. The second-order valence-electron chi connectivity index (χ2n) is 1.95. The zero-order chi connectivity index (χ0) is 6.97. The van der Waals surface area contributed by atoms with Gasteiger partial charge in [0.2, 0.25) is 0 Å². The molecule has 5 heteroatoms. The molecule has 50 valence electrons. The number of H-pyrrole nitrogens is 1. The standard InChI is InChI=1S/C5H5N4O/c10-1-4-5(7-2-6-4)9-3-8-9/h2,8H,3H2,(H,6,7)/q+1. The van der Waals surface area contributed by atoms with E-state index in [9.17, 15) is 4.65 Å². The molecule has 10 heavy (non-hydrogen) atoms. The Hall–Kier alpha value is -1.29. The number of aromatic amines is 1. The van der Waals surface area contributed by atoms with Crippen molar-refractivity contribution in [2.45, 2.75) is 0 Å². The third kappa shape index (κ3) is 0.698. The molecular formula is C5H5N4O+. The van der Waals surface area contributed by atoms with Crippen LogP contribution >= 0.6 is 0 Å². The van der Waals surface area contributed by atoms with Crippen molar-refractivity contribution in [3.8, 4) is 6.15 Å². The molecule has 0 saturated carbocycles. The molecule has 1 aliphatic heterocycles. The molecule has 0 aliphatic carbocycles. The van der Waals surface area contributed by atoms with Gasteiger partial charge in [0.1, 0.15) is 0 Å². The van der Waals surface area contributed by atoms with Gasteiger partial charge in [-0.05, 0) is 0 Å². The molecule has 0 atom stereocenters. The number of hydrogen-bond acceptors (Lipinski definition) is 3. The molecule has 0 unspecified atom stereocenters. The van der Waals surface area contributed by atoms with Crippen LogP contribution < -0.4 is 10.4 Å². The van der Waals surface area contributed by atoms with Crippen LogP contribution in [0.3, 0.4) is 0 Å². The van der Waals surface area contributed by atoms with Gasteiger partial charge in [0.25, 0.3) is 0 Å². The molecule has 2 N–H and O–H groups in total. The van der Waals surface area contributed by atoms with Crippen molar-refractivity contribution >= 4 is 5.82 Å². The Morgan fingerprint density at radius 3 is 3.20 bits per heavy atom. The van der Waals surface area contributed by atoms with Gasteiger partial charge in [-0.3, -0.25) is 0 Å². The average Bonchev–Trinajstić information content (AvgIpc) is 2.69. The SMILES string of the molecule is [O+]#Cc1[nH]cnc1N1CN1. The van der Waals surface area contributed by atoms with E-state index >= 15 is 0 Å². The van der Waals surface area contributed by atoms with Crippen LogP contribution in [0.5, 0.6) is 0 Å². The van der Waals surface area contributed by atoms with Crippen molar-refractivity contribution in [1.29, 1.82) is 0 Å². The zero-order valence-corrected chi connectivity index (χ0v) is 5.09. The van der Waals surface area contributed by atoms with Crippen LogP contribution in [0.1, 0.15) is 5.69 Å². The number of hydrazine groups is 1. The quantitative estimate of drug-likeness (QED) is 0.402. The van der Waals surface area contributed by atoms with Crippen LogP contribution in [0.15, 0.2) is 6.33 Å². The fourth-order valence-electron chi connectivity index (χ4n) is 0.752. The minimum atomic E-state index is 0.394. The zero-order valence-electron chi connectivity index (χ0n) is 5.09. The van der Waals surface area contributed by atoms with E-state index < -0.39 is 0 Å². The van der Waals surface area contributed by atoms with Crippen molar-refractivity contribution in [2.75, 3.05) is 11.7 Å². The molecule has 0 spiro atoms. The molecule has 0 aromatic carbocycles. The van der Waals surface area contributed by atoms with Gasteiger partial charge >= 0.3 is 55.7 Å². The molecule has 2 rings (SSSR count). The van der Waals surface area contributed by atoms with E-state index in [0.717, 1.165) is 6.67 Å². The first-order valence-corrected chi connectivity index (χ1v) is 2.84. The van der Waals surface area contributed by atoms with E-state index in [2.05, 4.69) is 15.4 Å². The van der Waals surface area contributed by atoms with E-state index in [1.54, 1.807) is 11.2 Å². The fraction of sp³-hybridized carbons (Fsp3) is 0.200. The second-order valence-corrected chi connectivity index (χ2v) is 1.95. The molecule has 1 saturated heterocycles. The van der Waals surface area contributed by atoms with Gasteiger partial charge in [0.05, 0.1) is 0 Å². The number of imidazole rings is 1. The van der Waals surface area contributed by atoms with Crippen LogP contribution in [0.25, 0.3) is 0 Å². The van der Waals surface area contributed by atoms with Gasteiger partial charge in [-0.25, -0.2) is 0 Å². The van der Waals surface area contributed by atoms with Crippen LogP contribution in [-0.2, 0) is 4.65 Å². The van der Waals surface area contributed by atoms with Gasteiger partial charge in [0, 0.05) is 0 Å². The molecular weight excluding hydrogens is 132 g/mol. The summed E-state index contributed by atoms with van der Waals surface area (Å²) in [5, 5.41) is 1.75. The van der Waals surface area contributed by atoms with Crippen molar-refractivity contribution < 1.29 is 4.65 Å². The second kappa shape index (κ2) is 1.85. The number of nitrogens with one attached hydrogen (secondary N) is 2. The third-order valence-electron chi connectivity index (χ3n) is 1.29. The normalized spacial score (nSPS) is 14.9. The molecule has 1 aromatic heterocycles. The Balaban J connectivity index is 2.40. The first kappa shape index (κ1) is 5.49. The predicted octanol–water partition coefficient (Wildman–Crippen LogP) is -0.570. The summed E-state index contributed by atoms with van der Waals surface area (Å²) in [4.78, 5) is 6.55. The first-order chi connectivity index (χ1) is 4.92. The van der Waals surface area contributed by atoms with E-state index in [0.29, 0.717) is 11.5 Å². The number of hydrogen-bond donors (Lipinski definition) is 2. The molecule has 5 nitrogen and oxygen atoms in total. The fourth-order valence-corrected chi connectivity index (χ4v) is 0.752. The monoisotopic (exact) mass is 137 g/mol. The van der Waals surface area contributed by atoms with E-state index in [1.165, 1.54) is 6.33 Å². The Labute approximate surface area is 56.7 Å². The van der Waals surface area contributed by atoms with Gasteiger partial charge in [0.15, 0.2) is 0 Å². The van der Waals surface area contributed by atoms with E-state index in [4.69, 9.17) is 0 Å². The Bertz CT molecular complexity index is 282. The molecule has 1 aromatic rings. The molecule has 1 fully saturated rings. The number of aromatic nitrogens is 2.